The number of benzene rings is 1. The van der Waals surface area contributed by atoms with Crippen LogP contribution in [0.25, 0.3) is 10.9 Å². The number of hydrogen-bond acceptors (Lipinski definition) is 3. The zero-order valence-electron chi connectivity index (χ0n) is 15.5. The minimum atomic E-state index is -0.507. The average Bonchev–Trinajstić information content (AvgIpc) is 2.94. The van der Waals surface area contributed by atoms with Crippen LogP contribution in [0.3, 0.4) is 0 Å². The largest absolute Gasteiger partial charge is 0.444 e. The number of nitriles is 1. The fourth-order valence-corrected chi connectivity index (χ4v) is 3.79. The van der Waals surface area contributed by atoms with Crippen LogP contribution >= 0.6 is 11.6 Å². The van der Waals surface area contributed by atoms with Crippen LogP contribution < -0.4 is 0 Å². The van der Waals surface area contributed by atoms with E-state index in [2.05, 4.69) is 12.1 Å². The maximum absolute atomic E-state index is 12.5. The van der Waals surface area contributed by atoms with Crippen LogP contribution in [0.1, 0.15) is 45.2 Å². The number of halogens is 1. The van der Waals surface area contributed by atoms with Gasteiger partial charge in [-0.3, -0.25) is 0 Å². The van der Waals surface area contributed by atoms with E-state index in [4.69, 9.17) is 16.3 Å². The Labute approximate surface area is 159 Å². The highest BCUT2D eigenvalue weighted by molar-refractivity contribution is 6.35. The van der Waals surface area contributed by atoms with Crippen molar-refractivity contribution in [3.8, 4) is 6.07 Å². The number of fused-ring (bicyclic) bond motifs is 1. The summed E-state index contributed by atoms with van der Waals surface area (Å²) in [7, 11) is 0. The van der Waals surface area contributed by atoms with Crippen LogP contribution in [0, 0.1) is 11.3 Å². The third kappa shape index (κ3) is 3.81. The van der Waals surface area contributed by atoms with Gasteiger partial charge in [0.1, 0.15) is 12.1 Å². The zero-order chi connectivity index (χ0) is 18.9. The molecule has 5 nitrogen and oxygen atoms in total. The first-order chi connectivity index (χ1) is 12.3. The molecule has 0 saturated carbocycles. The van der Waals surface area contributed by atoms with Gasteiger partial charge in [0.05, 0.1) is 11.6 Å². The molecule has 1 unspecified atom stereocenters. The first-order valence-corrected chi connectivity index (χ1v) is 9.30. The number of aromatic nitrogens is 1. The van der Waals surface area contributed by atoms with Gasteiger partial charge in [-0.2, -0.15) is 5.26 Å². The van der Waals surface area contributed by atoms with E-state index in [1.54, 1.807) is 4.90 Å². The molecule has 0 aliphatic carbocycles. The van der Waals surface area contributed by atoms with Crippen molar-refractivity contribution < 1.29 is 9.53 Å². The second-order valence-electron chi connectivity index (χ2n) is 7.75. The number of amides is 1. The normalized spacial score (nSPS) is 18.0. The Hall–Kier alpha value is -2.19. The number of likely N-dealkylation sites (tertiary alicyclic amines) is 1. The lowest BCUT2D eigenvalue weighted by molar-refractivity contribution is 0.0196. The van der Waals surface area contributed by atoms with E-state index in [1.165, 1.54) is 0 Å². The van der Waals surface area contributed by atoms with Crippen molar-refractivity contribution in [2.75, 3.05) is 13.1 Å². The quantitative estimate of drug-likeness (QED) is 0.749. The minimum Gasteiger partial charge on any atom is -0.444 e. The summed E-state index contributed by atoms with van der Waals surface area (Å²) in [6, 6.07) is 10.0. The van der Waals surface area contributed by atoms with Crippen molar-refractivity contribution in [2.45, 2.75) is 51.7 Å². The molecule has 1 saturated heterocycles. The van der Waals surface area contributed by atoms with E-state index in [0.29, 0.717) is 18.1 Å². The average molecular weight is 374 g/mol. The molecular weight excluding hydrogens is 350 g/mol. The van der Waals surface area contributed by atoms with Gasteiger partial charge >= 0.3 is 6.09 Å². The van der Waals surface area contributed by atoms with Gasteiger partial charge < -0.3 is 14.2 Å². The molecule has 2 aromatic rings. The molecule has 0 bridgehead atoms. The Bertz CT molecular complexity index is 860. The molecule has 3 rings (SSSR count). The maximum atomic E-state index is 12.5. The van der Waals surface area contributed by atoms with Crippen LogP contribution in [0.5, 0.6) is 0 Å². The van der Waals surface area contributed by atoms with Crippen molar-refractivity contribution in [1.82, 2.24) is 9.47 Å². The van der Waals surface area contributed by atoms with Gasteiger partial charge in [-0.15, -0.1) is 0 Å². The van der Waals surface area contributed by atoms with Crippen molar-refractivity contribution in [2.24, 2.45) is 0 Å². The Kier molecular flexibility index (Phi) is 5.15. The number of carbonyl (C=O) groups is 1. The maximum Gasteiger partial charge on any atom is 0.410 e. The Morgan fingerprint density at radius 1 is 1.42 bits per heavy atom. The van der Waals surface area contributed by atoms with E-state index in [1.807, 2.05) is 43.5 Å². The molecule has 1 aliphatic heterocycles. The summed E-state index contributed by atoms with van der Waals surface area (Å²) >= 11 is 6.35. The number of nitrogens with zero attached hydrogens (tertiary/aromatic N) is 3. The van der Waals surface area contributed by atoms with Crippen LogP contribution in [-0.4, -0.2) is 34.3 Å². The van der Waals surface area contributed by atoms with Gasteiger partial charge in [0.2, 0.25) is 0 Å². The molecule has 1 aromatic heterocycles. The van der Waals surface area contributed by atoms with Crippen LogP contribution in [0.2, 0.25) is 5.02 Å². The zero-order valence-corrected chi connectivity index (χ0v) is 16.2. The number of ether oxygens (including phenoxy) is 1. The van der Waals surface area contributed by atoms with Crippen molar-refractivity contribution in [1.29, 1.82) is 5.26 Å². The third-order valence-corrected chi connectivity index (χ3v) is 4.97. The number of piperidine rings is 1. The monoisotopic (exact) mass is 373 g/mol. The van der Waals surface area contributed by atoms with Gasteiger partial charge in [-0.1, -0.05) is 17.7 Å². The molecule has 138 valence electrons. The van der Waals surface area contributed by atoms with E-state index >= 15 is 0 Å². The fourth-order valence-electron chi connectivity index (χ4n) is 3.57. The topological polar surface area (TPSA) is 58.3 Å². The molecule has 1 aliphatic rings. The lowest BCUT2D eigenvalue weighted by Crippen LogP contribution is -2.42. The number of carbonyl (C=O) groups excluding carboxylic acids is 1. The fraction of sp³-hybridized carbons (Fsp3) is 0.500. The van der Waals surface area contributed by atoms with Crippen molar-refractivity contribution in [3.05, 3.63) is 35.0 Å². The van der Waals surface area contributed by atoms with Gasteiger partial charge in [0, 0.05) is 35.1 Å². The number of hydrogen-bond donors (Lipinski definition) is 0. The highest BCUT2D eigenvalue weighted by Gasteiger charge is 2.30. The lowest BCUT2D eigenvalue weighted by atomic mass is 9.94. The first kappa shape index (κ1) is 18.6. The Balaban J connectivity index is 1.91. The molecule has 1 amide bonds. The second-order valence-corrected chi connectivity index (χ2v) is 8.16. The summed E-state index contributed by atoms with van der Waals surface area (Å²) < 4.78 is 7.54. The van der Waals surface area contributed by atoms with Crippen molar-refractivity contribution >= 4 is 28.6 Å². The molecule has 0 spiro atoms. The molecule has 0 radical (unpaired) electrons. The predicted molar refractivity (Wildman–Crippen MR) is 102 cm³/mol. The highest BCUT2D eigenvalue weighted by atomic mass is 35.5. The van der Waals surface area contributed by atoms with Crippen LogP contribution in [0.15, 0.2) is 24.3 Å². The van der Waals surface area contributed by atoms with Crippen LogP contribution in [-0.2, 0) is 11.3 Å². The van der Waals surface area contributed by atoms with E-state index in [-0.39, 0.29) is 18.6 Å². The lowest BCUT2D eigenvalue weighted by Gasteiger charge is -2.34. The van der Waals surface area contributed by atoms with Gasteiger partial charge in [-0.05, 0) is 51.8 Å². The van der Waals surface area contributed by atoms with Crippen LogP contribution in [0.4, 0.5) is 4.79 Å². The standard InChI is InChI=1S/C20H24ClN3O2/c1-20(2,3)26-19(25)23-10-5-6-14(13-23)18-12-15-16(21)7-4-8-17(15)24(18)11-9-22/h4,7-8,12,14H,5-6,10-11,13H2,1-3H3. The summed E-state index contributed by atoms with van der Waals surface area (Å²) in [4.78, 5) is 14.2. The summed E-state index contributed by atoms with van der Waals surface area (Å²) in [5, 5.41) is 10.9. The van der Waals surface area contributed by atoms with Gasteiger partial charge in [0.15, 0.2) is 0 Å². The smallest absolute Gasteiger partial charge is 0.410 e. The van der Waals surface area contributed by atoms with E-state index in [9.17, 15) is 10.1 Å². The third-order valence-electron chi connectivity index (χ3n) is 4.64. The molecule has 26 heavy (non-hydrogen) atoms. The summed E-state index contributed by atoms with van der Waals surface area (Å²) in [5.74, 6) is 0.160. The number of rotatable bonds is 2. The van der Waals surface area contributed by atoms with Gasteiger partial charge in [0.25, 0.3) is 0 Å². The van der Waals surface area contributed by atoms with E-state index in [0.717, 1.165) is 29.4 Å². The Morgan fingerprint density at radius 3 is 2.88 bits per heavy atom. The summed E-state index contributed by atoms with van der Waals surface area (Å²) in [6.07, 6.45) is 1.60. The van der Waals surface area contributed by atoms with Gasteiger partial charge in [-0.25, -0.2) is 4.79 Å². The molecular formula is C20H24ClN3O2. The highest BCUT2D eigenvalue weighted by Crippen LogP contribution is 2.34. The molecule has 1 fully saturated rings. The molecule has 1 aromatic carbocycles. The summed E-state index contributed by atoms with van der Waals surface area (Å²) in [5.41, 5.74) is 1.51. The van der Waals surface area contributed by atoms with E-state index < -0.39 is 5.60 Å². The molecule has 6 heteroatoms. The SMILES string of the molecule is CC(C)(C)OC(=O)N1CCCC(c2cc3c(Cl)cccc3n2CC#N)C1. The molecule has 1 atom stereocenters. The first-order valence-electron chi connectivity index (χ1n) is 8.92. The minimum absolute atomic E-state index is 0.160. The van der Waals surface area contributed by atoms with Crippen molar-refractivity contribution in [3.63, 3.8) is 0 Å². The molecule has 0 N–H and O–H groups in total. The Morgan fingerprint density at radius 2 is 2.19 bits per heavy atom. The summed E-state index contributed by atoms with van der Waals surface area (Å²) in [6.45, 7) is 7.18. The second kappa shape index (κ2) is 7.20. The predicted octanol–water partition coefficient (Wildman–Crippen LogP) is 4.93. The molecule has 2 heterocycles.